The Morgan fingerprint density at radius 1 is 1.58 bits per heavy atom. The van der Waals surface area contributed by atoms with Crippen LogP contribution in [0.4, 0.5) is 5.82 Å². The Hall–Kier alpha value is -2.11. The van der Waals surface area contributed by atoms with Crippen LogP contribution < -0.4 is 10.6 Å². The first-order chi connectivity index (χ1) is 9.22. The first-order valence-corrected chi connectivity index (χ1v) is 6.47. The number of hydrogen-bond donors (Lipinski definition) is 2. The molecule has 0 saturated carbocycles. The van der Waals surface area contributed by atoms with Crippen LogP contribution in [0.25, 0.3) is 0 Å². The normalized spacial score (nSPS) is 15.6. The monoisotopic (exact) mass is 262 g/mol. The summed E-state index contributed by atoms with van der Waals surface area (Å²) in [6, 6.07) is 3.46. The van der Waals surface area contributed by atoms with E-state index in [2.05, 4.69) is 15.6 Å². The number of pyridine rings is 1. The van der Waals surface area contributed by atoms with Crippen LogP contribution in [0.15, 0.2) is 18.3 Å². The smallest absolute Gasteiger partial charge is 0.258 e. The molecule has 102 valence electrons. The molecule has 19 heavy (non-hydrogen) atoms. The minimum Gasteiger partial charge on any atom is -0.370 e. The lowest BCUT2D eigenvalue weighted by Gasteiger charge is -2.20. The van der Waals surface area contributed by atoms with Gasteiger partial charge in [0.15, 0.2) is 0 Å². The molecule has 0 atom stereocenters. The zero-order valence-corrected chi connectivity index (χ0v) is 11.0. The molecule has 0 aromatic carbocycles. The van der Waals surface area contributed by atoms with Crippen LogP contribution >= 0.6 is 0 Å². The second-order valence-corrected chi connectivity index (χ2v) is 4.36. The molecular weight excluding hydrogens is 244 g/mol. The van der Waals surface area contributed by atoms with E-state index in [9.17, 15) is 9.59 Å². The molecule has 1 aliphatic rings. The van der Waals surface area contributed by atoms with Crippen molar-refractivity contribution in [2.24, 2.45) is 0 Å². The second-order valence-electron chi connectivity index (χ2n) is 4.36. The summed E-state index contributed by atoms with van der Waals surface area (Å²) >= 11 is 0. The summed E-state index contributed by atoms with van der Waals surface area (Å²) in [6.07, 6.45) is 2.41. The molecule has 1 saturated heterocycles. The van der Waals surface area contributed by atoms with Gasteiger partial charge in [0.1, 0.15) is 5.82 Å². The number of carbonyl (C=O) groups excluding carboxylic acids is 2. The van der Waals surface area contributed by atoms with Gasteiger partial charge >= 0.3 is 0 Å². The Morgan fingerprint density at radius 3 is 3.21 bits per heavy atom. The van der Waals surface area contributed by atoms with Gasteiger partial charge in [0.05, 0.1) is 12.1 Å². The van der Waals surface area contributed by atoms with Crippen molar-refractivity contribution in [2.75, 3.05) is 31.5 Å². The highest BCUT2D eigenvalue weighted by Crippen LogP contribution is 2.14. The van der Waals surface area contributed by atoms with Crippen LogP contribution in [0.5, 0.6) is 0 Å². The topological polar surface area (TPSA) is 74.3 Å². The minimum atomic E-state index is -0.152. The second kappa shape index (κ2) is 6.17. The molecule has 2 rings (SSSR count). The lowest BCUT2D eigenvalue weighted by Crippen LogP contribution is -2.37. The first-order valence-electron chi connectivity index (χ1n) is 6.47. The van der Waals surface area contributed by atoms with E-state index in [1.54, 1.807) is 23.2 Å². The maximum absolute atomic E-state index is 12.5. The third-order valence-corrected chi connectivity index (χ3v) is 2.93. The summed E-state index contributed by atoms with van der Waals surface area (Å²) in [7, 11) is 0. The zero-order chi connectivity index (χ0) is 13.7. The molecule has 0 unspecified atom stereocenters. The summed E-state index contributed by atoms with van der Waals surface area (Å²) < 4.78 is 0. The van der Waals surface area contributed by atoms with E-state index in [0.29, 0.717) is 31.0 Å². The number of carbonyl (C=O) groups is 2. The average molecular weight is 262 g/mol. The lowest BCUT2D eigenvalue weighted by molar-refractivity contribution is -0.121. The van der Waals surface area contributed by atoms with Crippen LogP contribution in [0.2, 0.25) is 0 Å². The van der Waals surface area contributed by atoms with Gasteiger partial charge in [0.2, 0.25) is 5.91 Å². The summed E-state index contributed by atoms with van der Waals surface area (Å²) in [4.78, 5) is 29.7. The van der Waals surface area contributed by atoms with Gasteiger partial charge in [-0.25, -0.2) is 4.98 Å². The molecule has 2 N–H and O–H groups in total. The fraction of sp³-hybridized carbons (Fsp3) is 0.462. The third kappa shape index (κ3) is 3.21. The Bertz CT molecular complexity index is 475. The number of hydrogen-bond acceptors (Lipinski definition) is 4. The number of amides is 2. The van der Waals surface area contributed by atoms with Crippen molar-refractivity contribution in [2.45, 2.75) is 13.3 Å². The molecule has 1 fully saturated rings. The molecule has 1 aromatic heterocycles. The first kappa shape index (κ1) is 13.3. The fourth-order valence-corrected chi connectivity index (χ4v) is 2.04. The van der Waals surface area contributed by atoms with Crippen LogP contribution in [0.1, 0.15) is 23.7 Å². The molecule has 0 radical (unpaired) electrons. The number of aromatic nitrogens is 1. The Morgan fingerprint density at radius 2 is 2.42 bits per heavy atom. The van der Waals surface area contributed by atoms with Gasteiger partial charge in [0.25, 0.3) is 5.91 Å². The summed E-state index contributed by atoms with van der Waals surface area (Å²) in [5.74, 6) is 0.306. The van der Waals surface area contributed by atoms with Gasteiger partial charge in [-0.2, -0.15) is 0 Å². The van der Waals surface area contributed by atoms with E-state index >= 15 is 0 Å². The van der Waals surface area contributed by atoms with Crippen molar-refractivity contribution >= 4 is 17.6 Å². The van der Waals surface area contributed by atoms with Crippen LogP contribution in [0.3, 0.4) is 0 Å². The van der Waals surface area contributed by atoms with E-state index in [0.717, 1.165) is 6.42 Å². The maximum atomic E-state index is 12.5. The third-order valence-electron chi connectivity index (χ3n) is 2.93. The highest BCUT2D eigenvalue weighted by Gasteiger charge is 2.23. The van der Waals surface area contributed by atoms with E-state index in [1.807, 2.05) is 6.92 Å². The maximum Gasteiger partial charge on any atom is 0.258 e. The van der Waals surface area contributed by atoms with Crippen molar-refractivity contribution in [3.63, 3.8) is 0 Å². The molecule has 6 heteroatoms. The highest BCUT2D eigenvalue weighted by atomic mass is 16.2. The predicted octanol–water partition coefficient (Wildman–Crippen LogP) is 0.475. The summed E-state index contributed by atoms with van der Waals surface area (Å²) in [5, 5.41) is 5.82. The molecule has 1 aliphatic heterocycles. The molecule has 6 nitrogen and oxygen atoms in total. The average Bonchev–Trinajstić information content (AvgIpc) is 2.64. The number of rotatable bonds is 3. The molecule has 2 amide bonds. The summed E-state index contributed by atoms with van der Waals surface area (Å²) in [5.41, 5.74) is 0.513. The quantitative estimate of drug-likeness (QED) is 0.830. The van der Waals surface area contributed by atoms with Crippen molar-refractivity contribution in [1.29, 1.82) is 0 Å². The number of nitrogens with one attached hydrogen (secondary N) is 2. The SMILES string of the molecule is CCNc1ncccc1C(=O)N1CCCNC(=O)C1. The molecule has 0 spiro atoms. The van der Waals surface area contributed by atoms with Gasteiger partial charge in [-0.15, -0.1) is 0 Å². The van der Waals surface area contributed by atoms with Crippen molar-refractivity contribution < 1.29 is 9.59 Å². The lowest BCUT2D eigenvalue weighted by atomic mass is 10.2. The predicted molar refractivity (Wildman–Crippen MR) is 71.9 cm³/mol. The van der Waals surface area contributed by atoms with Crippen LogP contribution in [-0.2, 0) is 4.79 Å². The fourth-order valence-electron chi connectivity index (χ4n) is 2.04. The Kier molecular flexibility index (Phi) is 4.33. The van der Waals surface area contributed by atoms with Gasteiger partial charge in [0, 0.05) is 25.8 Å². The molecule has 0 bridgehead atoms. The van der Waals surface area contributed by atoms with Gasteiger partial charge in [-0.05, 0) is 25.5 Å². The van der Waals surface area contributed by atoms with Crippen LogP contribution in [0, 0.1) is 0 Å². The van der Waals surface area contributed by atoms with E-state index in [1.165, 1.54) is 0 Å². The van der Waals surface area contributed by atoms with Gasteiger partial charge in [-0.3, -0.25) is 9.59 Å². The standard InChI is InChI=1S/C13H18N4O2/c1-2-14-12-10(5-3-6-16-12)13(19)17-8-4-7-15-11(18)9-17/h3,5-6H,2,4,7-9H2,1H3,(H,14,16)(H,15,18). The summed E-state index contributed by atoms with van der Waals surface area (Å²) in [6.45, 7) is 3.95. The highest BCUT2D eigenvalue weighted by molar-refractivity contribution is 6.00. The molecule has 2 heterocycles. The van der Waals surface area contributed by atoms with E-state index < -0.39 is 0 Å². The minimum absolute atomic E-state index is 0.110. The van der Waals surface area contributed by atoms with Crippen molar-refractivity contribution in [3.05, 3.63) is 23.9 Å². The Labute approximate surface area is 112 Å². The van der Waals surface area contributed by atoms with Crippen molar-refractivity contribution in [3.8, 4) is 0 Å². The Balaban J connectivity index is 2.20. The molecule has 0 aliphatic carbocycles. The van der Waals surface area contributed by atoms with Crippen LogP contribution in [-0.4, -0.2) is 47.9 Å². The van der Waals surface area contributed by atoms with E-state index in [-0.39, 0.29) is 18.4 Å². The van der Waals surface area contributed by atoms with Crippen molar-refractivity contribution in [1.82, 2.24) is 15.2 Å². The van der Waals surface area contributed by atoms with Gasteiger partial charge in [-0.1, -0.05) is 0 Å². The zero-order valence-electron chi connectivity index (χ0n) is 11.0. The van der Waals surface area contributed by atoms with E-state index in [4.69, 9.17) is 0 Å². The van der Waals surface area contributed by atoms with Gasteiger partial charge < -0.3 is 15.5 Å². The largest absolute Gasteiger partial charge is 0.370 e. The molecular formula is C13H18N4O2. The number of nitrogens with zero attached hydrogens (tertiary/aromatic N) is 2. The molecule has 1 aromatic rings. The number of anilines is 1.